The number of ether oxygens (including phenoxy) is 1. The maximum absolute atomic E-state index is 13.3. The maximum atomic E-state index is 13.3. The van der Waals surface area contributed by atoms with Gasteiger partial charge in [-0.15, -0.1) is 11.3 Å². The number of hydrogen-bond donors (Lipinski definition) is 1. The Morgan fingerprint density at radius 1 is 1.06 bits per heavy atom. The van der Waals surface area contributed by atoms with Crippen molar-refractivity contribution in [3.8, 4) is 5.75 Å². The van der Waals surface area contributed by atoms with E-state index in [0.717, 1.165) is 33.7 Å². The molecule has 1 saturated heterocycles. The molecule has 0 bridgehead atoms. The van der Waals surface area contributed by atoms with Gasteiger partial charge in [-0.25, -0.2) is 0 Å². The molecular formula is C27H27NO4S. The third kappa shape index (κ3) is 4.18. The van der Waals surface area contributed by atoms with Crippen LogP contribution < -0.4 is 9.64 Å². The van der Waals surface area contributed by atoms with Crippen molar-refractivity contribution in [1.82, 2.24) is 0 Å². The van der Waals surface area contributed by atoms with E-state index in [1.807, 2.05) is 63.4 Å². The number of carbonyl (C=O) groups excluding carboxylic acids is 2. The van der Waals surface area contributed by atoms with Gasteiger partial charge in [0.1, 0.15) is 17.6 Å². The van der Waals surface area contributed by atoms with Crippen molar-refractivity contribution in [3.63, 3.8) is 0 Å². The zero-order chi connectivity index (χ0) is 23.7. The highest BCUT2D eigenvalue weighted by molar-refractivity contribution is 7.10. The van der Waals surface area contributed by atoms with Crippen molar-refractivity contribution in [2.24, 2.45) is 0 Å². The summed E-state index contributed by atoms with van der Waals surface area (Å²) in [6.07, 6.45) is 0.893. The van der Waals surface area contributed by atoms with E-state index in [0.29, 0.717) is 17.9 Å². The number of aliphatic hydroxyl groups is 1. The predicted molar refractivity (Wildman–Crippen MR) is 132 cm³/mol. The largest absolute Gasteiger partial charge is 0.507 e. The van der Waals surface area contributed by atoms with E-state index in [2.05, 4.69) is 0 Å². The zero-order valence-corrected chi connectivity index (χ0v) is 20.0. The van der Waals surface area contributed by atoms with Crippen molar-refractivity contribution in [2.45, 2.75) is 40.2 Å². The Morgan fingerprint density at radius 2 is 1.85 bits per heavy atom. The van der Waals surface area contributed by atoms with Crippen molar-refractivity contribution < 1.29 is 19.4 Å². The van der Waals surface area contributed by atoms with Gasteiger partial charge < -0.3 is 9.84 Å². The molecule has 0 saturated carbocycles. The van der Waals surface area contributed by atoms with Gasteiger partial charge in [0.05, 0.1) is 12.2 Å². The Hall–Kier alpha value is -3.38. The van der Waals surface area contributed by atoms with Crippen molar-refractivity contribution in [2.75, 3.05) is 11.5 Å². The van der Waals surface area contributed by atoms with Crippen LogP contribution in [0.15, 0.2) is 59.5 Å². The lowest BCUT2D eigenvalue weighted by Gasteiger charge is -2.26. The highest BCUT2D eigenvalue weighted by atomic mass is 32.1. The number of carbonyl (C=O) groups is 2. The van der Waals surface area contributed by atoms with Crippen molar-refractivity contribution in [3.05, 3.63) is 86.6 Å². The molecule has 33 heavy (non-hydrogen) atoms. The molecule has 0 spiro atoms. The Kier molecular flexibility index (Phi) is 6.38. The molecule has 0 radical (unpaired) electrons. The molecule has 5 nitrogen and oxygen atoms in total. The Balaban J connectivity index is 1.86. The number of aryl methyl sites for hydroxylation is 3. The summed E-state index contributed by atoms with van der Waals surface area (Å²) in [6, 6.07) is 14.2. The van der Waals surface area contributed by atoms with E-state index in [1.165, 1.54) is 16.2 Å². The number of rotatable bonds is 6. The summed E-state index contributed by atoms with van der Waals surface area (Å²) < 4.78 is 5.74. The van der Waals surface area contributed by atoms with Crippen LogP contribution in [0.1, 0.15) is 46.5 Å². The van der Waals surface area contributed by atoms with E-state index in [4.69, 9.17) is 4.74 Å². The molecule has 6 heteroatoms. The highest BCUT2D eigenvalue weighted by Crippen LogP contribution is 2.44. The van der Waals surface area contributed by atoms with Crippen LogP contribution in [0.4, 0.5) is 5.69 Å². The Labute approximate surface area is 197 Å². The van der Waals surface area contributed by atoms with Gasteiger partial charge in [-0.05, 0) is 74.0 Å². The standard InChI is InChI=1S/C27H27NO4S/c1-5-12-32-21-11-9-19(15-18(21)4)25(29)23-24(22-7-6-13-33-22)28(27(31)26(23)30)20-10-8-16(2)14-17(20)3/h6-11,13-15,24,29H,5,12H2,1-4H3/b25-23-. The van der Waals surface area contributed by atoms with Crippen LogP contribution in [-0.2, 0) is 9.59 Å². The smallest absolute Gasteiger partial charge is 0.300 e. The third-order valence-corrected chi connectivity index (χ3v) is 6.70. The van der Waals surface area contributed by atoms with Crippen LogP contribution in [0.25, 0.3) is 5.76 Å². The third-order valence-electron chi connectivity index (χ3n) is 5.78. The summed E-state index contributed by atoms with van der Waals surface area (Å²) in [5.74, 6) is -0.764. The van der Waals surface area contributed by atoms with E-state index < -0.39 is 17.7 Å². The molecule has 1 aliphatic rings. The highest BCUT2D eigenvalue weighted by Gasteiger charge is 2.47. The molecule has 1 atom stereocenters. The summed E-state index contributed by atoms with van der Waals surface area (Å²) in [7, 11) is 0. The molecule has 3 aromatic rings. The minimum Gasteiger partial charge on any atom is -0.507 e. The lowest BCUT2D eigenvalue weighted by atomic mass is 9.98. The fourth-order valence-electron chi connectivity index (χ4n) is 4.20. The summed E-state index contributed by atoms with van der Waals surface area (Å²) in [5, 5.41) is 13.2. The minimum absolute atomic E-state index is 0.101. The van der Waals surface area contributed by atoms with Gasteiger partial charge in [0.2, 0.25) is 0 Å². The first-order chi connectivity index (χ1) is 15.8. The first-order valence-electron chi connectivity index (χ1n) is 11.0. The topological polar surface area (TPSA) is 66.8 Å². The monoisotopic (exact) mass is 461 g/mol. The van der Waals surface area contributed by atoms with Gasteiger partial charge >= 0.3 is 0 Å². The molecule has 1 unspecified atom stereocenters. The number of Topliss-reactive ketones (excluding diaryl/α,β-unsaturated/α-hetero) is 1. The van der Waals surface area contributed by atoms with Gasteiger partial charge in [-0.2, -0.15) is 0 Å². The van der Waals surface area contributed by atoms with E-state index in [1.54, 1.807) is 18.2 Å². The molecule has 1 amide bonds. The quantitative estimate of drug-likeness (QED) is 0.274. The van der Waals surface area contributed by atoms with Gasteiger partial charge in [-0.3, -0.25) is 14.5 Å². The van der Waals surface area contributed by atoms with Crippen LogP contribution in [0.2, 0.25) is 0 Å². The Bertz CT molecular complexity index is 1240. The fraction of sp³-hybridized carbons (Fsp3) is 0.259. The number of nitrogens with zero attached hydrogens (tertiary/aromatic N) is 1. The predicted octanol–water partition coefficient (Wildman–Crippen LogP) is 6.09. The number of aliphatic hydroxyl groups excluding tert-OH is 1. The molecule has 1 aromatic heterocycles. The first kappa shape index (κ1) is 22.8. The second kappa shape index (κ2) is 9.24. The van der Waals surface area contributed by atoms with Gasteiger partial charge in [0.25, 0.3) is 11.7 Å². The fourth-order valence-corrected chi connectivity index (χ4v) is 5.02. The average Bonchev–Trinajstić information content (AvgIpc) is 3.40. The average molecular weight is 462 g/mol. The summed E-state index contributed by atoms with van der Waals surface area (Å²) in [6.45, 7) is 8.44. The van der Waals surface area contributed by atoms with E-state index in [-0.39, 0.29) is 11.3 Å². The molecule has 170 valence electrons. The van der Waals surface area contributed by atoms with Gasteiger partial charge in [0.15, 0.2) is 0 Å². The molecule has 1 N–H and O–H groups in total. The Morgan fingerprint density at radius 3 is 2.48 bits per heavy atom. The molecule has 1 fully saturated rings. The van der Waals surface area contributed by atoms with Crippen LogP contribution in [-0.4, -0.2) is 23.4 Å². The first-order valence-corrected chi connectivity index (χ1v) is 11.9. The number of ketones is 1. The maximum Gasteiger partial charge on any atom is 0.300 e. The zero-order valence-electron chi connectivity index (χ0n) is 19.2. The van der Waals surface area contributed by atoms with Gasteiger partial charge in [-0.1, -0.05) is 30.7 Å². The molecule has 1 aliphatic heterocycles. The molecule has 4 rings (SSSR count). The normalized spacial score (nSPS) is 17.6. The molecule has 2 heterocycles. The van der Waals surface area contributed by atoms with Crippen LogP contribution in [0, 0.1) is 20.8 Å². The lowest BCUT2D eigenvalue weighted by molar-refractivity contribution is -0.132. The number of benzene rings is 2. The van der Waals surface area contributed by atoms with Crippen LogP contribution >= 0.6 is 11.3 Å². The SMILES string of the molecule is CCCOc1ccc(/C(O)=C2/C(=O)C(=O)N(c3ccc(C)cc3C)C2c2cccs2)cc1C. The summed E-state index contributed by atoms with van der Waals surface area (Å²) in [4.78, 5) is 28.8. The molecular weight excluding hydrogens is 434 g/mol. The summed E-state index contributed by atoms with van der Waals surface area (Å²) >= 11 is 1.45. The summed E-state index contributed by atoms with van der Waals surface area (Å²) in [5.41, 5.74) is 4.07. The second-order valence-electron chi connectivity index (χ2n) is 8.30. The second-order valence-corrected chi connectivity index (χ2v) is 9.28. The number of hydrogen-bond acceptors (Lipinski definition) is 5. The molecule has 0 aliphatic carbocycles. The van der Waals surface area contributed by atoms with Crippen LogP contribution in [0.5, 0.6) is 5.75 Å². The minimum atomic E-state index is -0.692. The van der Waals surface area contributed by atoms with Crippen molar-refractivity contribution >= 4 is 34.5 Å². The van der Waals surface area contributed by atoms with Crippen molar-refractivity contribution in [1.29, 1.82) is 0 Å². The number of thiophene rings is 1. The van der Waals surface area contributed by atoms with Gasteiger partial charge in [0, 0.05) is 16.1 Å². The molecule has 2 aromatic carbocycles. The number of amides is 1. The number of anilines is 1. The van der Waals surface area contributed by atoms with E-state index in [9.17, 15) is 14.7 Å². The van der Waals surface area contributed by atoms with E-state index >= 15 is 0 Å². The van der Waals surface area contributed by atoms with Crippen LogP contribution in [0.3, 0.4) is 0 Å². The lowest BCUT2D eigenvalue weighted by Crippen LogP contribution is -2.29.